The van der Waals surface area contributed by atoms with Crippen molar-refractivity contribution in [3.8, 4) is 6.07 Å². The summed E-state index contributed by atoms with van der Waals surface area (Å²) in [5.74, 6) is -0.444. The van der Waals surface area contributed by atoms with Crippen molar-refractivity contribution >= 4 is 29.1 Å². The van der Waals surface area contributed by atoms with E-state index >= 15 is 0 Å². The van der Waals surface area contributed by atoms with Crippen molar-refractivity contribution in [3.63, 3.8) is 0 Å². The van der Waals surface area contributed by atoms with Crippen LogP contribution in [0, 0.1) is 16.7 Å². The quantitative estimate of drug-likeness (QED) is 0.860. The molecule has 0 aliphatic heterocycles. The normalized spacial score (nSPS) is 10.8. The SMILES string of the molecule is CC(C)(C#N)CNC(=O)c1nc(Cl)ccc1Cl. The van der Waals surface area contributed by atoms with Crippen molar-refractivity contribution in [1.82, 2.24) is 10.3 Å². The molecule has 17 heavy (non-hydrogen) atoms. The number of pyridine rings is 1. The summed E-state index contributed by atoms with van der Waals surface area (Å²) in [4.78, 5) is 15.6. The first kappa shape index (κ1) is 13.8. The van der Waals surface area contributed by atoms with E-state index in [0.29, 0.717) is 0 Å². The molecule has 90 valence electrons. The third-order valence-corrected chi connectivity index (χ3v) is 2.54. The maximum atomic E-state index is 11.8. The van der Waals surface area contributed by atoms with E-state index in [-0.39, 0.29) is 22.4 Å². The summed E-state index contributed by atoms with van der Waals surface area (Å²) in [7, 11) is 0. The van der Waals surface area contributed by atoms with Crippen LogP contribution in [0.3, 0.4) is 0 Å². The minimum Gasteiger partial charge on any atom is -0.349 e. The summed E-state index contributed by atoms with van der Waals surface area (Å²) in [5.41, 5.74) is -0.575. The van der Waals surface area contributed by atoms with Crippen molar-refractivity contribution in [1.29, 1.82) is 5.26 Å². The van der Waals surface area contributed by atoms with Crippen LogP contribution in [0.25, 0.3) is 0 Å². The van der Waals surface area contributed by atoms with E-state index in [1.54, 1.807) is 13.8 Å². The largest absolute Gasteiger partial charge is 0.349 e. The molecule has 0 aliphatic carbocycles. The Hall–Kier alpha value is -1.31. The third-order valence-electron chi connectivity index (χ3n) is 2.02. The lowest BCUT2D eigenvalue weighted by Gasteiger charge is -2.15. The molecule has 1 heterocycles. The number of hydrogen-bond acceptors (Lipinski definition) is 3. The average molecular weight is 272 g/mol. The number of amides is 1. The van der Waals surface area contributed by atoms with E-state index < -0.39 is 11.3 Å². The standard InChI is InChI=1S/C11H11Cl2N3O/c1-11(2,5-14)6-15-10(17)9-7(12)3-4-8(13)16-9/h3-4H,6H2,1-2H3,(H,15,17). The molecule has 0 bridgehead atoms. The molecule has 1 N–H and O–H groups in total. The zero-order valence-electron chi connectivity index (χ0n) is 9.42. The molecule has 0 unspecified atom stereocenters. The van der Waals surface area contributed by atoms with Gasteiger partial charge in [-0.2, -0.15) is 5.26 Å². The minimum absolute atomic E-state index is 0.0629. The van der Waals surface area contributed by atoms with Gasteiger partial charge in [0.05, 0.1) is 16.5 Å². The van der Waals surface area contributed by atoms with E-state index in [9.17, 15) is 4.79 Å². The Balaban J connectivity index is 2.78. The van der Waals surface area contributed by atoms with Gasteiger partial charge in [0.2, 0.25) is 0 Å². The Morgan fingerprint density at radius 2 is 2.18 bits per heavy atom. The number of nitrogens with one attached hydrogen (secondary N) is 1. The molecule has 1 aromatic rings. The lowest BCUT2D eigenvalue weighted by molar-refractivity contribution is 0.0939. The van der Waals surface area contributed by atoms with Gasteiger partial charge in [-0.1, -0.05) is 23.2 Å². The number of rotatable bonds is 3. The molecule has 4 nitrogen and oxygen atoms in total. The molecule has 1 amide bonds. The van der Waals surface area contributed by atoms with Gasteiger partial charge < -0.3 is 5.32 Å². The smallest absolute Gasteiger partial charge is 0.271 e. The first-order valence-electron chi connectivity index (χ1n) is 4.87. The number of carbonyl (C=O) groups excluding carboxylic acids is 1. The Bertz CT molecular complexity index is 480. The van der Waals surface area contributed by atoms with Gasteiger partial charge >= 0.3 is 0 Å². The highest BCUT2D eigenvalue weighted by atomic mass is 35.5. The van der Waals surface area contributed by atoms with Gasteiger partial charge in [-0.3, -0.25) is 4.79 Å². The van der Waals surface area contributed by atoms with Gasteiger partial charge in [-0.05, 0) is 26.0 Å². The van der Waals surface area contributed by atoms with Gasteiger partial charge in [0, 0.05) is 6.54 Å². The van der Waals surface area contributed by atoms with E-state index in [2.05, 4.69) is 16.4 Å². The van der Waals surface area contributed by atoms with Crippen molar-refractivity contribution in [2.45, 2.75) is 13.8 Å². The fourth-order valence-corrected chi connectivity index (χ4v) is 1.34. The minimum atomic E-state index is -0.638. The summed E-state index contributed by atoms with van der Waals surface area (Å²) >= 11 is 11.5. The summed E-state index contributed by atoms with van der Waals surface area (Å²) in [6.45, 7) is 3.66. The van der Waals surface area contributed by atoms with E-state index in [4.69, 9.17) is 28.5 Å². The lowest BCUT2D eigenvalue weighted by Crippen LogP contribution is -2.33. The van der Waals surface area contributed by atoms with Crippen LogP contribution in [-0.4, -0.2) is 17.4 Å². The molecule has 1 aromatic heterocycles. The van der Waals surface area contributed by atoms with Crippen molar-refractivity contribution in [3.05, 3.63) is 28.0 Å². The van der Waals surface area contributed by atoms with Crippen LogP contribution in [-0.2, 0) is 0 Å². The number of hydrogen-bond donors (Lipinski definition) is 1. The monoisotopic (exact) mass is 271 g/mol. The molecule has 1 rings (SSSR count). The maximum Gasteiger partial charge on any atom is 0.271 e. The highest BCUT2D eigenvalue weighted by molar-refractivity contribution is 6.34. The van der Waals surface area contributed by atoms with Crippen LogP contribution in [0.1, 0.15) is 24.3 Å². The Kier molecular flexibility index (Phi) is 4.33. The second-order valence-electron chi connectivity index (χ2n) is 4.14. The maximum absolute atomic E-state index is 11.8. The second-order valence-corrected chi connectivity index (χ2v) is 4.94. The van der Waals surface area contributed by atoms with Crippen LogP contribution in [0.4, 0.5) is 0 Å². The average Bonchev–Trinajstić information content (AvgIpc) is 2.29. The summed E-state index contributed by atoms with van der Waals surface area (Å²) in [5, 5.41) is 11.8. The van der Waals surface area contributed by atoms with E-state index in [0.717, 1.165) is 0 Å². The molecule has 0 atom stereocenters. The highest BCUT2D eigenvalue weighted by Crippen LogP contribution is 2.17. The number of carbonyl (C=O) groups is 1. The zero-order chi connectivity index (χ0) is 13.1. The van der Waals surface area contributed by atoms with Crippen molar-refractivity contribution in [2.75, 3.05) is 6.54 Å². The fraction of sp³-hybridized carbons (Fsp3) is 0.364. The van der Waals surface area contributed by atoms with Gasteiger partial charge in [0.1, 0.15) is 10.8 Å². The van der Waals surface area contributed by atoms with E-state index in [1.807, 2.05) is 0 Å². The van der Waals surface area contributed by atoms with E-state index in [1.165, 1.54) is 12.1 Å². The first-order chi connectivity index (χ1) is 7.85. The molecule has 0 fully saturated rings. The van der Waals surface area contributed by atoms with Gasteiger partial charge in [0.25, 0.3) is 5.91 Å². The summed E-state index contributed by atoms with van der Waals surface area (Å²) in [6, 6.07) is 5.08. The summed E-state index contributed by atoms with van der Waals surface area (Å²) in [6.07, 6.45) is 0. The van der Waals surface area contributed by atoms with Crippen LogP contribution in [0.15, 0.2) is 12.1 Å². The van der Waals surface area contributed by atoms with Gasteiger partial charge in [0.15, 0.2) is 0 Å². The summed E-state index contributed by atoms with van der Waals surface area (Å²) < 4.78 is 0. The van der Waals surface area contributed by atoms with Crippen LogP contribution in [0.2, 0.25) is 10.2 Å². The van der Waals surface area contributed by atoms with Gasteiger partial charge in [-0.25, -0.2) is 4.98 Å². The molecular weight excluding hydrogens is 261 g/mol. The topological polar surface area (TPSA) is 65.8 Å². The van der Waals surface area contributed by atoms with Crippen LogP contribution >= 0.6 is 23.2 Å². The van der Waals surface area contributed by atoms with Crippen molar-refractivity contribution in [2.24, 2.45) is 5.41 Å². The van der Waals surface area contributed by atoms with Crippen LogP contribution in [0.5, 0.6) is 0 Å². The number of nitriles is 1. The predicted octanol–water partition coefficient (Wildman–Crippen LogP) is 2.67. The number of halogens is 2. The number of aromatic nitrogens is 1. The molecule has 0 saturated heterocycles. The molecule has 0 saturated carbocycles. The predicted molar refractivity (Wildman–Crippen MR) is 66.0 cm³/mol. The Labute approximate surface area is 110 Å². The first-order valence-corrected chi connectivity index (χ1v) is 5.63. The molecular formula is C11H11Cl2N3O. The molecule has 0 spiro atoms. The zero-order valence-corrected chi connectivity index (χ0v) is 10.9. The molecule has 6 heteroatoms. The Morgan fingerprint density at radius 1 is 1.53 bits per heavy atom. The number of nitrogens with zero attached hydrogens (tertiary/aromatic N) is 2. The molecule has 0 aromatic carbocycles. The third kappa shape index (κ3) is 3.88. The second kappa shape index (κ2) is 5.35. The molecule has 0 aliphatic rings. The van der Waals surface area contributed by atoms with Gasteiger partial charge in [-0.15, -0.1) is 0 Å². The fourth-order valence-electron chi connectivity index (χ4n) is 1.00. The lowest BCUT2D eigenvalue weighted by atomic mass is 9.96. The highest BCUT2D eigenvalue weighted by Gasteiger charge is 2.20. The molecule has 0 radical (unpaired) electrons. The Morgan fingerprint density at radius 3 is 2.76 bits per heavy atom. The van der Waals surface area contributed by atoms with Crippen molar-refractivity contribution < 1.29 is 4.79 Å². The van der Waals surface area contributed by atoms with Crippen LogP contribution < -0.4 is 5.32 Å².